The molecule has 5 nitrogen and oxygen atoms in total. The molecule has 0 bridgehead atoms. The van der Waals surface area contributed by atoms with Gasteiger partial charge < -0.3 is 10.2 Å². The van der Waals surface area contributed by atoms with E-state index in [0.717, 1.165) is 30.1 Å². The Labute approximate surface area is 169 Å². The largest absolute Gasteiger partial charge is 0.356 e. The van der Waals surface area contributed by atoms with Gasteiger partial charge in [0.25, 0.3) is 0 Å². The zero-order valence-corrected chi connectivity index (χ0v) is 18.2. The van der Waals surface area contributed by atoms with Gasteiger partial charge >= 0.3 is 0 Å². The molecular formula is C17H25BrIN5. The molecule has 0 aliphatic carbocycles. The molecule has 0 amide bonds. The topological polar surface area (TPSA) is 45.5 Å². The van der Waals surface area contributed by atoms with Gasteiger partial charge in [0.1, 0.15) is 0 Å². The van der Waals surface area contributed by atoms with Gasteiger partial charge in [0.15, 0.2) is 5.96 Å². The van der Waals surface area contributed by atoms with E-state index in [-0.39, 0.29) is 24.0 Å². The smallest absolute Gasteiger partial charge is 0.193 e. The number of guanidine groups is 1. The minimum atomic E-state index is 0. The zero-order chi connectivity index (χ0) is 16.7. The first kappa shape index (κ1) is 21.0. The molecule has 7 heteroatoms. The molecule has 24 heavy (non-hydrogen) atoms. The molecule has 2 aromatic rings. The van der Waals surface area contributed by atoms with Crippen LogP contribution in [0.15, 0.2) is 52.2 Å². The molecule has 0 aliphatic heterocycles. The van der Waals surface area contributed by atoms with E-state index in [9.17, 15) is 0 Å². The average Bonchev–Trinajstić information content (AvgIpc) is 3.03. The highest BCUT2D eigenvalue weighted by Crippen LogP contribution is 2.11. The Morgan fingerprint density at radius 1 is 1.38 bits per heavy atom. The molecule has 1 unspecified atom stereocenters. The van der Waals surface area contributed by atoms with Gasteiger partial charge in [-0.2, -0.15) is 5.10 Å². The summed E-state index contributed by atoms with van der Waals surface area (Å²) >= 11 is 3.46. The van der Waals surface area contributed by atoms with Gasteiger partial charge in [-0.15, -0.1) is 24.0 Å². The van der Waals surface area contributed by atoms with Crippen molar-refractivity contribution in [1.82, 2.24) is 20.0 Å². The molecular weight excluding hydrogens is 481 g/mol. The number of nitrogens with one attached hydrogen (secondary N) is 1. The Morgan fingerprint density at radius 2 is 2.08 bits per heavy atom. The second-order valence-corrected chi connectivity index (χ2v) is 6.66. The highest BCUT2D eigenvalue weighted by Gasteiger charge is 2.09. The van der Waals surface area contributed by atoms with Gasteiger partial charge in [-0.1, -0.05) is 35.0 Å². The molecule has 1 aromatic carbocycles. The van der Waals surface area contributed by atoms with E-state index in [1.807, 2.05) is 30.2 Å². The second kappa shape index (κ2) is 10.7. The van der Waals surface area contributed by atoms with Crippen LogP contribution in [0, 0.1) is 5.92 Å². The second-order valence-electron chi connectivity index (χ2n) is 5.74. The van der Waals surface area contributed by atoms with E-state index in [2.05, 4.69) is 74.5 Å². The summed E-state index contributed by atoms with van der Waals surface area (Å²) in [5.74, 6) is 1.37. The summed E-state index contributed by atoms with van der Waals surface area (Å²) in [6, 6.07) is 10.3. The van der Waals surface area contributed by atoms with Crippen LogP contribution in [0.1, 0.15) is 12.5 Å². The predicted octanol–water partition coefficient (Wildman–Crippen LogP) is 3.61. The van der Waals surface area contributed by atoms with Crippen LogP contribution >= 0.6 is 39.9 Å². The Hall–Kier alpha value is -1.09. The first-order valence-electron chi connectivity index (χ1n) is 7.72. The number of aromatic nitrogens is 2. The number of hydrogen-bond acceptors (Lipinski definition) is 2. The van der Waals surface area contributed by atoms with Crippen molar-refractivity contribution < 1.29 is 0 Å². The Kier molecular flexibility index (Phi) is 9.35. The van der Waals surface area contributed by atoms with Crippen LogP contribution in [0.25, 0.3) is 0 Å². The average molecular weight is 506 g/mol. The van der Waals surface area contributed by atoms with Crippen molar-refractivity contribution in [3.63, 3.8) is 0 Å². The lowest BCUT2D eigenvalue weighted by atomic mass is 10.2. The maximum absolute atomic E-state index is 4.37. The van der Waals surface area contributed by atoms with Crippen molar-refractivity contribution in [2.75, 3.05) is 20.6 Å². The fraction of sp³-hybridized carbons (Fsp3) is 0.412. The Morgan fingerprint density at radius 3 is 2.67 bits per heavy atom. The number of hydrogen-bond donors (Lipinski definition) is 1. The maximum Gasteiger partial charge on any atom is 0.193 e. The van der Waals surface area contributed by atoms with Crippen molar-refractivity contribution in [3.8, 4) is 0 Å². The van der Waals surface area contributed by atoms with E-state index < -0.39 is 0 Å². The normalized spacial score (nSPS) is 12.4. The molecule has 0 saturated heterocycles. The number of nitrogens with zero attached hydrogens (tertiary/aromatic N) is 4. The number of benzene rings is 1. The lowest BCUT2D eigenvalue weighted by Crippen LogP contribution is -2.40. The van der Waals surface area contributed by atoms with Crippen LogP contribution in [0.2, 0.25) is 0 Å². The highest BCUT2D eigenvalue weighted by molar-refractivity contribution is 14.0. The summed E-state index contributed by atoms with van der Waals surface area (Å²) in [7, 11) is 3.87. The fourth-order valence-corrected chi connectivity index (χ4v) is 2.65. The Balaban J connectivity index is 0.00000288. The van der Waals surface area contributed by atoms with Gasteiger partial charge in [0, 0.05) is 50.6 Å². The van der Waals surface area contributed by atoms with E-state index in [1.54, 1.807) is 0 Å². The van der Waals surface area contributed by atoms with E-state index in [1.165, 1.54) is 5.56 Å². The fourth-order valence-electron chi connectivity index (χ4n) is 2.38. The molecule has 132 valence electrons. The minimum Gasteiger partial charge on any atom is -0.356 e. The standard InChI is InChI=1S/C17H24BrN5.HI/c1-14(12-23-10-4-9-21-23)11-20-17(19-2)22(3)13-15-5-7-16(18)8-6-15;/h4-10,14H,11-13H2,1-3H3,(H,19,20);1H. The van der Waals surface area contributed by atoms with Gasteiger partial charge in [-0.05, 0) is 29.7 Å². The van der Waals surface area contributed by atoms with E-state index in [4.69, 9.17) is 0 Å². The summed E-state index contributed by atoms with van der Waals surface area (Å²) in [5.41, 5.74) is 1.25. The molecule has 2 rings (SSSR count). The number of rotatable bonds is 6. The molecule has 0 saturated carbocycles. The minimum absolute atomic E-state index is 0. The molecule has 1 N–H and O–H groups in total. The van der Waals surface area contributed by atoms with Crippen molar-refractivity contribution >= 4 is 45.9 Å². The Bertz CT molecular complexity index is 612. The lowest BCUT2D eigenvalue weighted by Gasteiger charge is -2.23. The van der Waals surface area contributed by atoms with Crippen LogP contribution in [-0.2, 0) is 13.1 Å². The lowest BCUT2D eigenvalue weighted by molar-refractivity contribution is 0.423. The molecule has 0 radical (unpaired) electrons. The van der Waals surface area contributed by atoms with Gasteiger partial charge in [0.05, 0.1) is 0 Å². The molecule has 1 heterocycles. The van der Waals surface area contributed by atoms with Crippen LogP contribution in [0.5, 0.6) is 0 Å². The zero-order valence-electron chi connectivity index (χ0n) is 14.3. The predicted molar refractivity (Wildman–Crippen MR) is 114 cm³/mol. The van der Waals surface area contributed by atoms with Crippen LogP contribution < -0.4 is 5.32 Å². The molecule has 0 spiro atoms. The van der Waals surface area contributed by atoms with Gasteiger partial charge in [-0.3, -0.25) is 9.67 Å². The summed E-state index contributed by atoms with van der Waals surface area (Å²) < 4.78 is 3.06. The third-order valence-electron chi connectivity index (χ3n) is 3.57. The maximum atomic E-state index is 4.37. The van der Waals surface area contributed by atoms with E-state index >= 15 is 0 Å². The van der Waals surface area contributed by atoms with Gasteiger partial charge in [0.2, 0.25) is 0 Å². The van der Waals surface area contributed by atoms with E-state index in [0.29, 0.717) is 5.92 Å². The monoisotopic (exact) mass is 505 g/mol. The van der Waals surface area contributed by atoms with Crippen molar-refractivity contribution in [2.24, 2.45) is 10.9 Å². The summed E-state index contributed by atoms with van der Waals surface area (Å²) in [6.45, 7) is 4.78. The molecule has 1 atom stereocenters. The number of halogens is 2. The van der Waals surface area contributed by atoms with Crippen molar-refractivity contribution in [1.29, 1.82) is 0 Å². The first-order chi connectivity index (χ1) is 11.1. The SMILES string of the molecule is CN=C(NCC(C)Cn1cccn1)N(C)Cc1ccc(Br)cc1.I. The molecule has 0 aliphatic rings. The van der Waals surface area contributed by atoms with Crippen LogP contribution in [0.4, 0.5) is 0 Å². The van der Waals surface area contributed by atoms with Crippen molar-refractivity contribution in [2.45, 2.75) is 20.0 Å². The molecule has 1 aromatic heterocycles. The third-order valence-corrected chi connectivity index (χ3v) is 4.10. The quantitative estimate of drug-likeness (QED) is 0.370. The van der Waals surface area contributed by atoms with Gasteiger partial charge in [-0.25, -0.2) is 0 Å². The molecule has 0 fully saturated rings. The first-order valence-corrected chi connectivity index (χ1v) is 8.51. The number of aliphatic imine (C=N–C) groups is 1. The third kappa shape index (κ3) is 6.80. The highest BCUT2D eigenvalue weighted by atomic mass is 127. The summed E-state index contributed by atoms with van der Waals surface area (Å²) in [5, 5.41) is 7.68. The van der Waals surface area contributed by atoms with Crippen molar-refractivity contribution in [3.05, 3.63) is 52.8 Å². The summed E-state index contributed by atoms with van der Waals surface area (Å²) in [4.78, 5) is 6.50. The van der Waals surface area contributed by atoms with Crippen LogP contribution in [-0.4, -0.2) is 41.3 Å². The van der Waals surface area contributed by atoms with Crippen LogP contribution in [0.3, 0.4) is 0 Å². The summed E-state index contributed by atoms with van der Waals surface area (Å²) in [6.07, 6.45) is 3.80.